The minimum Gasteiger partial charge on any atom is -0.494 e. The Balaban J connectivity index is 2.40. The smallest absolute Gasteiger partial charge is 0.120 e. The standard InChI is InChI=1S/C14H20FNO2/c1-2-3-8-17-13-4-6-14(7-5-13)18-11-12(9-15)10-16/h4-7,9H,2-3,8,10-11,16H2,1H3. The van der Waals surface area contributed by atoms with E-state index in [1.54, 1.807) is 12.1 Å². The quantitative estimate of drug-likeness (QED) is 0.724. The van der Waals surface area contributed by atoms with Gasteiger partial charge < -0.3 is 15.2 Å². The van der Waals surface area contributed by atoms with Crippen molar-refractivity contribution in [3.63, 3.8) is 0 Å². The van der Waals surface area contributed by atoms with Gasteiger partial charge in [-0.05, 0) is 30.7 Å². The molecule has 1 aromatic rings. The zero-order valence-electron chi connectivity index (χ0n) is 10.7. The Bertz CT molecular complexity index is 363. The van der Waals surface area contributed by atoms with Crippen LogP contribution in [-0.4, -0.2) is 19.8 Å². The van der Waals surface area contributed by atoms with Crippen molar-refractivity contribution in [3.8, 4) is 11.5 Å². The molecule has 0 amide bonds. The van der Waals surface area contributed by atoms with Gasteiger partial charge in [0.2, 0.25) is 0 Å². The average molecular weight is 253 g/mol. The summed E-state index contributed by atoms with van der Waals surface area (Å²) in [5, 5.41) is 0. The number of nitrogens with two attached hydrogens (primary N) is 1. The van der Waals surface area contributed by atoms with Crippen LogP contribution in [0.2, 0.25) is 0 Å². The number of unbranched alkanes of at least 4 members (excludes halogenated alkanes) is 1. The zero-order valence-corrected chi connectivity index (χ0v) is 10.7. The third-order valence-electron chi connectivity index (χ3n) is 2.43. The molecule has 0 unspecified atom stereocenters. The van der Waals surface area contributed by atoms with Gasteiger partial charge in [0.1, 0.15) is 18.1 Å². The number of benzene rings is 1. The van der Waals surface area contributed by atoms with Crippen molar-refractivity contribution in [2.24, 2.45) is 5.73 Å². The molecule has 0 aliphatic rings. The first kappa shape index (κ1) is 14.5. The molecule has 100 valence electrons. The Morgan fingerprint density at radius 3 is 2.33 bits per heavy atom. The Hall–Kier alpha value is -1.55. The molecular weight excluding hydrogens is 233 g/mol. The summed E-state index contributed by atoms with van der Waals surface area (Å²) in [6.07, 6.45) is 2.64. The van der Waals surface area contributed by atoms with Crippen molar-refractivity contribution in [2.75, 3.05) is 19.8 Å². The Labute approximate surface area is 107 Å². The summed E-state index contributed by atoms with van der Waals surface area (Å²) in [6.45, 7) is 3.17. The highest BCUT2D eigenvalue weighted by Gasteiger charge is 1.99. The summed E-state index contributed by atoms with van der Waals surface area (Å²) in [4.78, 5) is 0. The topological polar surface area (TPSA) is 44.5 Å². The van der Waals surface area contributed by atoms with Gasteiger partial charge in [-0.15, -0.1) is 0 Å². The minimum atomic E-state index is 0.161. The fourth-order valence-corrected chi connectivity index (χ4v) is 1.28. The fraction of sp³-hybridized carbons (Fsp3) is 0.429. The number of hydrogen-bond acceptors (Lipinski definition) is 3. The highest BCUT2D eigenvalue weighted by atomic mass is 19.1. The van der Waals surface area contributed by atoms with Crippen LogP contribution < -0.4 is 15.2 Å². The third-order valence-corrected chi connectivity index (χ3v) is 2.43. The van der Waals surface area contributed by atoms with E-state index in [9.17, 15) is 4.39 Å². The van der Waals surface area contributed by atoms with E-state index in [4.69, 9.17) is 15.2 Å². The first-order chi connectivity index (χ1) is 8.80. The van der Waals surface area contributed by atoms with E-state index in [1.807, 2.05) is 12.1 Å². The monoisotopic (exact) mass is 253 g/mol. The number of rotatable bonds is 8. The maximum absolute atomic E-state index is 12.3. The summed E-state index contributed by atoms with van der Waals surface area (Å²) >= 11 is 0. The number of halogens is 1. The van der Waals surface area contributed by atoms with Gasteiger partial charge in [0.15, 0.2) is 0 Å². The molecule has 0 fully saturated rings. The van der Waals surface area contributed by atoms with E-state index in [0.29, 0.717) is 17.7 Å². The molecule has 1 rings (SSSR count). The molecule has 3 nitrogen and oxygen atoms in total. The van der Waals surface area contributed by atoms with Gasteiger partial charge in [-0.2, -0.15) is 0 Å². The van der Waals surface area contributed by atoms with Gasteiger partial charge in [-0.1, -0.05) is 13.3 Å². The molecule has 0 spiro atoms. The van der Waals surface area contributed by atoms with Crippen molar-refractivity contribution >= 4 is 0 Å². The molecule has 2 N–H and O–H groups in total. The van der Waals surface area contributed by atoms with E-state index >= 15 is 0 Å². The van der Waals surface area contributed by atoms with Crippen molar-refractivity contribution in [3.05, 3.63) is 36.2 Å². The third kappa shape index (κ3) is 5.19. The molecule has 0 saturated heterocycles. The van der Waals surface area contributed by atoms with Gasteiger partial charge in [-0.3, -0.25) is 0 Å². The lowest BCUT2D eigenvalue weighted by atomic mass is 10.3. The molecule has 4 heteroatoms. The predicted octanol–water partition coefficient (Wildman–Crippen LogP) is 3.06. The summed E-state index contributed by atoms with van der Waals surface area (Å²) in [5.74, 6) is 1.49. The van der Waals surface area contributed by atoms with E-state index < -0.39 is 0 Å². The van der Waals surface area contributed by atoms with Crippen molar-refractivity contribution in [1.29, 1.82) is 0 Å². The van der Waals surface area contributed by atoms with Crippen LogP contribution in [0.15, 0.2) is 36.2 Å². The summed E-state index contributed by atoms with van der Waals surface area (Å²) in [5.41, 5.74) is 5.76. The highest BCUT2D eigenvalue weighted by Crippen LogP contribution is 2.18. The van der Waals surface area contributed by atoms with Gasteiger partial charge in [0.05, 0.1) is 12.9 Å². The maximum atomic E-state index is 12.3. The summed E-state index contributed by atoms with van der Waals surface area (Å²) < 4.78 is 23.2. The lowest BCUT2D eigenvalue weighted by Crippen LogP contribution is -2.10. The SMILES string of the molecule is CCCCOc1ccc(OCC(=CF)CN)cc1. The van der Waals surface area contributed by atoms with E-state index in [-0.39, 0.29) is 13.2 Å². The lowest BCUT2D eigenvalue weighted by molar-refractivity contribution is 0.307. The molecule has 0 aromatic heterocycles. The first-order valence-corrected chi connectivity index (χ1v) is 6.14. The zero-order chi connectivity index (χ0) is 13.2. The molecule has 1 aromatic carbocycles. The Morgan fingerprint density at radius 2 is 1.83 bits per heavy atom. The van der Waals surface area contributed by atoms with Gasteiger partial charge in [-0.25, -0.2) is 4.39 Å². The molecule has 0 aliphatic heterocycles. The van der Waals surface area contributed by atoms with Crippen LogP contribution in [0, 0.1) is 0 Å². The highest BCUT2D eigenvalue weighted by molar-refractivity contribution is 5.31. The second-order valence-corrected chi connectivity index (χ2v) is 3.93. The second-order valence-electron chi connectivity index (χ2n) is 3.93. The molecule has 18 heavy (non-hydrogen) atoms. The predicted molar refractivity (Wildman–Crippen MR) is 70.6 cm³/mol. The maximum Gasteiger partial charge on any atom is 0.120 e. The molecular formula is C14H20FNO2. The van der Waals surface area contributed by atoms with Crippen molar-refractivity contribution in [1.82, 2.24) is 0 Å². The van der Waals surface area contributed by atoms with Crippen LogP contribution >= 0.6 is 0 Å². The van der Waals surface area contributed by atoms with Crippen molar-refractivity contribution < 1.29 is 13.9 Å². The average Bonchev–Trinajstić information content (AvgIpc) is 2.42. The number of ether oxygens (including phenoxy) is 2. The second kappa shape index (κ2) is 8.53. The van der Waals surface area contributed by atoms with Crippen LogP contribution in [0.5, 0.6) is 11.5 Å². The van der Waals surface area contributed by atoms with Gasteiger partial charge in [0, 0.05) is 12.1 Å². The molecule has 0 saturated carbocycles. The summed E-state index contributed by atoms with van der Waals surface area (Å²) in [6, 6.07) is 7.28. The van der Waals surface area contributed by atoms with Crippen LogP contribution in [-0.2, 0) is 0 Å². The molecule has 0 bridgehead atoms. The minimum absolute atomic E-state index is 0.161. The van der Waals surface area contributed by atoms with Gasteiger partial charge >= 0.3 is 0 Å². The summed E-state index contributed by atoms with van der Waals surface area (Å²) in [7, 11) is 0. The van der Waals surface area contributed by atoms with Crippen LogP contribution in [0.4, 0.5) is 4.39 Å². The van der Waals surface area contributed by atoms with Crippen LogP contribution in [0.1, 0.15) is 19.8 Å². The molecule has 0 aliphatic carbocycles. The fourth-order valence-electron chi connectivity index (χ4n) is 1.28. The largest absolute Gasteiger partial charge is 0.494 e. The van der Waals surface area contributed by atoms with E-state index in [1.165, 1.54) is 0 Å². The molecule has 0 atom stereocenters. The molecule has 0 heterocycles. The van der Waals surface area contributed by atoms with Crippen LogP contribution in [0.3, 0.4) is 0 Å². The van der Waals surface area contributed by atoms with Crippen LogP contribution in [0.25, 0.3) is 0 Å². The normalized spacial score (nSPS) is 11.4. The Kier molecular flexibility index (Phi) is 6.87. The number of hydrogen-bond donors (Lipinski definition) is 1. The van der Waals surface area contributed by atoms with E-state index in [2.05, 4.69) is 6.92 Å². The molecule has 0 radical (unpaired) electrons. The van der Waals surface area contributed by atoms with Crippen molar-refractivity contribution in [2.45, 2.75) is 19.8 Å². The Morgan fingerprint density at radius 1 is 1.22 bits per heavy atom. The van der Waals surface area contributed by atoms with Gasteiger partial charge in [0.25, 0.3) is 0 Å². The lowest BCUT2D eigenvalue weighted by Gasteiger charge is -2.09. The first-order valence-electron chi connectivity index (χ1n) is 6.14. The van der Waals surface area contributed by atoms with E-state index in [0.717, 1.165) is 25.2 Å².